The third-order valence-corrected chi connectivity index (χ3v) is 6.79. The summed E-state index contributed by atoms with van der Waals surface area (Å²) in [5.41, 5.74) is 4.67. The van der Waals surface area contributed by atoms with Crippen molar-refractivity contribution in [3.63, 3.8) is 0 Å². The maximum absolute atomic E-state index is 13.5. The lowest BCUT2D eigenvalue weighted by molar-refractivity contribution is 0.123. The number of aryl methyl sites for hydroxylation is 1. The second kappa shape index (κ2) is 10.4. The Morgan fingerprint density at radius 2 is 1.66 bits per heavy atom. The van der Waals surface area contributed by atoms with E-state index in [1.54, 1.807) is 24.3 Å². The number of aliphatic hydroxyl groups excluding tert-OH is 1. The Morgan fingerprint density at radius 3 is 2.26 bits per heavy atom. The summed E-state index contributed by atoms with van der Waals surface area (Å²) in [7, 11) is 0. The van der Waals surface area contributed by atoms with E-state index in [4.69, 9.17) is 4.18 Å². The molecule has 1 aliphatic heterocycles. The van der Waals surface area contributed by atoms with Crippen molar-refractivity contribution in [2.24, 2.45) is 5.92 Å². The van der Waals surface area contributed by atoms with E-state index >= 15 is 0 Å². The molecule has 0 aromatic heterocycles. The van der Waals surface area contributed by atoms with Crippen LogP contribution in [0.2, 0.25) is 0 Å². The van der Waals surface area contributed by atoms with Crippen molar-refractivity contribution in [2.75, 3.05) is 4.90 Å². The normalized spacial score (nSPS) is 18.8. The van der Waals surface area contributed by atoms with Gasteiger partial charge in [0.15, 0.2) is 0 Å². The van der Waals surface area contributed by atoms with Gasteiger partial charge in [-0.3, -0.25) is 0 Å². The topological polar surface area (TPSA) is 32.7 Å². The first kappa shape index (κ1) is 25.2. The molecule has 1 fully saturated rings. The second-order valence-electron chi connectivity index (χ2n) is 8.94. The van der Waals surface area contributed by atoms with Gasteiger partial charge in [-0.2, -0.15) is 8.78 Å². The van der Waals surface area contributed by atoms with Gasteiger partial charge in [-0.1, -0.05) is 48.5 Å². The Bertz CT molecular complexity index is 1140. The lowest BCUT2D eigenvalue weighted by Gasteiger charge is -2.52. The van der Waals surface area contributed by atoms with E-state index in [9.17, 15) is 18.3 Å². The highest BCUT2D eigenvalue weighted by molar-refractivity contribution is 7.96. The molecule has 3 atom stereocenters. The Kier molecular flexibility index (Phi) is 7.47. The molecule has 3 aromatic carbocycles. The number of benzene rings is 3. The first-order valence-corrected chi connectivity index (χ1v) is 12.2. The lowest BCUT2D eigenvalue weighted by atomic mass is 9.76. The van der Waals surface area contributed by atoms with Crippen molar-refractivity contribution in [1.82, 2.24) is 0 Å². The molecular weight excluding hydrogens is 471 g/mol. The van der Waals surface area contributed by atoms with Crippen LogP contribution in [0.1, 0.15) is 48.6 Å². The van der Waals surface area contributed by atoms with E-state index < -0.39 is 11.4 Å². The molecule has 1 aliphatic rings. The highest BCUT2D eigenvalue weighted by atomic mass is 32.2. The van der Waals surface area contributed by atoms with Crippen LogP contribution >= 0.6 is 12.0 Å². The minimum absolute atomic E-state index is 0.0567. The molecule has 0 spiro atoms. The zero-order valence-corrected chi connectivity index (χ0v) is 20.4. The number of aliphatic hydroxyl groups is 1. The van der Waals surface area contributed by atoms with Crippen molar-refractivity contribution in [3.05, 3.63) is 108 Å². The average Bonchev–Trinajstić information content (AvgIpc) is 2.82. The van der Waals surface area contributed by atoms with Gasteiger partial charge >= 0.3 is 5.25 Å². The SMILES string of the molecule is C=C1C(CCC(O)c2ccc(C)cc2)C(c2ccc(OSC(C)(F)F)cc2)N1c1ccc(F)cc1. The maximum Gasteiger partial charge on any atom is 0.325 e. The van der Waals surface area contributed by atoms with Gasteiger partial charge in [0.05, 0.1) is 12.1 Å². The van der Waals surface area contributed by atoms with Gasteiger partial charge in [0.2, 0.25) is 0 Å². The predicted octanol–water partition coefficient (Wildman–Crippen LogP) is 7.98. The largest absolute Gasteiger partial charge is 0.420 e. The molecule has 0 bridgehead atoms. The van der Waals surface area contributed by atoms with Crippen molar-refractivity contribution >= 4 is 17.7 Å². The van der Waals surface area contributed by atoms with E-state index in [1.807, 2.05) is 48.2 Å². The molecule has 0 saturated carbocycles. The minimum Gasteiger partial charge on any atom is -0.420 e. The third-order valence-electron chi connectivity index (χ3n) is 6.22. The average molecular weight is 500 g/mol. The standard InChI is InChI=1S/C28H28F3NO2S/c1-18-4-6-20(7-5-18)26(33)17-16-25-19(2)32(23-12-10-22(29)11-13-23)27(25)21-8-14-24(15-9-21)34-35-28(3,30)31/h4-15,25-27,33H,2,16-17H2,1,3H3. The summed E-state index contributed by atoms with van der Waals surface area (Å²) >= 11 is 0.109. The molecular formula is C28H28F3NO2S. The Labute approximate surface area is 208 Å². The number of hydrogen-bond acceptors (Lipinski definition) is 4. The number of anilines is 1. The fourth-order valence-corrected chi connectivity index (χ4v) is 4.76. The molecule has 1 N–H and O–H groups in total. The van der Waals surface area contributed by atoms with Gasteiger partial charge in [0, 0.05) is 24.2 Å². The van der Waals surface area contributed by atoms with Crippen LogP contribution in [0.5, 0.6) is 5.75 Å². The molecule has 1 saturated heterocycles. The molecule has 35 heavy (non-hydrogen) atoms. The summed E-state index contributed by atoms with van der Waals surface area (Å²) < 4.78 is 44.9. The summed E-state index contributed by atoms with van der Waals surface area (Å²) in [4.78, 5) is 2.05. The Balaban J connectivity index is 1.53. The van der Waals surface area contributed by atoms with Crippen LogP contribution in [0.4, 0.5) is 18.9 Å². The molecule has 0 aliphatic carbocycles. The number of rotatable bonds is 9. The Morgan fingerprint density at radius 1 is 1.03 bits per heavy atom. The molecule has 4 rings (SSSR count). The van der Waals surface area contributed by atoms with Gasteiger partial charge in [-0.25, -0.2) is 4.39 Å². The lowest BCUT2D eigenvalue weighted by Crippen LogP contribution is -2.47. The summed E-state index contributed by atoms with van der Waals surface area (Å²) in [5, 5.41) is 7.74. The molecule has 184 valence electrons. The van der Waals surface area contributed by atoms with Crippen LogP contribution in [-0.2, 0) is 0 Å². The van der Waals surface area contributed by atoms with Crippen LogP contribution in [0.25, 0.3) is 0 Å². The number of halogens is 3. The smallest absolute Gasteiger partial charge is 0.325 e. The maximum atomic E-state index is 13.5. The molecule has 3 aromatic rings. The third kappa shape index (κ3) is 6.03. The van der Waals surface area contributed by atoms with Crippen molar-refractivity contribution in [2.45, 2.75) is 44.1 Å². The van der Waals surface area contributed by atoms with E-state index in [0.717, 1.165) is 35.0 Å². The summed E-state index contributed by atoms with van der Waals surface area (Å²) in [6, 6.07) is 21.0. The van der Waals surface area contributed by atoms with Crippen LogP contribution in [-0.4, -0.2) is 10.4 Å². The van der Waals surface area contributed by atoms with Gasteiger partial charge in [-0.15, -0.1) is 0 Å². The molecule has 3 unspecified atom stereocenters. The monoisotopic (exact) mass is 499 g/mol. The van der Waals surface area contributed by atoms with Crippen molar-refractivity contribution < 1.29 is 22.5 Å². The molecule has 0 amide bonds. The number of alkyl halides is 2. The van der Waals surface area contributed by atoms with Crippen LogP contribution < -0.4 is 9.08 Å². The van der Waals surface area contributed by atoms with E-state index in [1.165, 1.54) is 12.1 Å². The minimum atomic E-state index is -2.99. The van der Waals surface area contributed by atoms with E-state index in [-0.39, 0.29) is 29.8 Å². The second-order valence-corrected chi connectivity index (χ2v) is 9.99. The van der Waals surface area contributed by atoms with Gasteiger partial charge in [0.1, 0.15) is 23.6 Å². The number of hydrogen-bond donors (Lipinski definition) is 1. The quantitative estimate of drug-likeness (QED) is 0.303. The van der Waals surface area contributed by atoms with Gasteiger partial charge < -0.3 is 14.2 Å². The Hall–Kier alpha value is -2.90. The molecule has 3 nitrogen and oxygen atoms in total. The summed E-state index contributed by atoms with van der Waals surface area (Å²) in [6.45, 7) is 7.06. The fraction of sp³-hybridized carbons (Fsp3) is 0.286. The first-order chi connectivity index (χ1) is 16.6. The molecule has 0 radical (unpaired) electrons. The van der Waals surface area contributed by atoms with E-state index in [2.05, 4.69) is 6.58 Å². The van der Waals surface area contributed by atoms with Crippen LogP contribution in [0.15, 0.2) is 85.1 Å². The van der Waals surface area contributed by atoms with Gasteiger partial charge in [0.25, 0.3) is 0 Å². The number of nitrogens with zero attached hydrogens (tertiary/aromatic N) is 1. The fourth-order valence-electron chi connectivity index (χ4n) is 4.41. The van der Waals surface area contributed by atoms with Crippen LogP contribution in [0, 0.1) is 18.7 Å². The van der Waals surface area contributed by atoms with Crippen molar-refractivity contribution in [1.29, 1.82) is 0 Å². The predicted molar refractivity (Wildman–Crippen MR) is 135 cm³/mol. The highest BCUT2D eigenvalue weighted by Gasteiger charge is 2.43. The van der Waals surface area contributed by atoms with Crippen molar-refractivity contribution in [3.8, 4) is 5.75 Å². The summed E-state index contributed by atoms with van der Waals surface area (Å²) in [5.74, 6) is 0.0697. The molecule has 1 heterocycles. The molecule has 7 heteroatoms. The zero-order valence-electron chi connectivity index (χ0n) is 19.6. The van der Waals surface area contributed by atoms with E-state index in [0.29, 0.717) is 18.6 Å². The van der Waals surface area contributed by atoms with Gasteiger partial charge in [-0.05, 0) is 67.3 Å². The zero-order chi connectivity index (χ0) is 25.2. The summed E-state index contributed by atoms with van der Waals surface area (Å²) in [6.07, 6.45) is 0.670. The first-order valence-electron chi connectivity index (χ1n) is 11.4. The van der Waals surface area contributed by atoms with Crippen LogP contribution in [0.3, 0.4) is 0 Å². The highest BCUT2D eigenvalue weighted by Crippen LogP contribution is 2.51.